The highest BCUT2D eigenvalue weighted by Crippen LogP contribution is 2.35. The minimum Gasteiger partial charge on any atom is -0.482 e. The highest BCUT2D eigenvalue weighted by Gasteiger charge is 2.33. The van der Waals surface area contributed by atoms with Gasteiger partial charge < -0.3 is 14.4 Å². The third kappa shape index (κ3) is 4.56. The second kappa shape index (κ2) is 9.13. The lowest BCUT2D eigenvalue weighted by atomic mass is 9.94. The monoisotopic (exact) mass is 451 g/mol. The number of rotatable bonds is 5. The molecule has 1 aliphatic carbocycles. The van der Waals surface area contributed by atoms with Crippen LogP contribution in [0.2, 0.25) is 0 Å². The van der Waals surface area contributed by atoms with Crippen LogP contribution in [0.4, 0.5) is 5.69 Å². The molecular formula is C21H29N3O6S. The number of hydrogen-bond donors (Lipinski definition) is 0. The van der Waals surface area contributed by atoms with Gasteiger partial charge in [-0.2, -0.15) is 4.31 Å². The van der Waals surface area contributed by atoms with Gasteiger partial charge in [-0.05, 0) is 31.0 Å². The first kappa shape index (κ1) is 22.0. The minimum absolute atomic E-state index is 0.0736. The normalized spacial score (nSPS) is 20.8. The first-order valence-electron chi connectivity index (χ1n) is 10.8. The number of benzene rings is 1. The molecule has 2 amide bonds. The van der Waals surface area contributed by atoms with Crippen molar-refractivity contribution in [2.45, 2.75) is 43.0 Å². The van der Waals surface area contributed by atoms with Crippen LogP contribution >= 0.6 is 0 Å². The van der Waals surface area contributed by atoms with Crippen molar-refractivity contribution in [3.8, 4) is 5.75 Å². The van der Waals surface area contributed by atoms with Crippen molar-refractivity contribution in [3.63, 3.8) is 0 Å². The molecule has 2 heterocycles. The standard InChI is InChI=1S/C21H29N3O6S/c1-22(16-5-3-2-4-6-16)20(25)14-24-18-13-17(7-8-19(18)30-15-21(24)26)31(27,28)23-9-11-29-12-10-23/h7-8,13,16H,2-6,9-12,14-15H2,1H3. The fourth-order valence-electron chi connectivity index (χ4n) is 4.37. The topological polar surface area (TPSA) is 96.5 Å². The molecule has 10 heteroatoms. The molecule has 170 valence electrons. The summed E-state index contributed by atoms with van der Waals surface area (Å²) in [5.41, 5.74) is 0.316. The molecule has 0 N–H and O–H groups in total. The quantitative estimate of drug-likeness (QED) is 0.668. The molecule has 9 nitrogen and oxygen atoms in total. The van der Waals surface area contributed by atoms with Crippen molar-refractivity contribution in [2.75, 3.05) is 51.4 Å². The van der Waals surface area contributed by atoms with Crippen molar-refractivity contribution >= 4 is 27.5 Å². The average molecular weight is 452 g/mol. The highest BCUT2D eigenvalue weighted by atomic mass is 32.2. The molecule has 1 saturated heterocycles. The van der Waals surface area contributed by atoms with Crippen LogP contribution in [0.3, 0.4) is 0 Å². The molecule has 0 unspecified atom stereocenters. The van der Waals surface area contributed by atoms with Gasteiger partial charge in [-0.15, -0.1) is 0 Å². The highest BCUT2D eigenvalue weighted by molar-refractivity contribution is 7.89. The molecule has 3 aliphatic rings. The lowest BCUT2D eigenvalue weighted by Crippen LogP contribution is -2.48. The fraction of sp³-hybridized carbons (Fsp3) is 0.619. The third-order valence-electron chi connectivity index (χ3n) is 6.29. The Morgan fingerprint density at radius 3 is 2.58 bits per heavy atom. The van der Waals surface area contributed by atoms with Crippen LogP contribution in [-0.4, -0.2) is 82.0 Å². The molecule has 2 aliphatic heterocycles. The van der Waals surface area contributed by atoms with E-state index in [4.69, 9.17) is 9.47 Å². The van der Waals surface area contributed by atoms with E-state index in [1.165, 1.54) is 27.8 Å². The van der Waals surface area contributed by atoms with E-state index in [0.29, 0.717) is 24.7 Å². The summed E-state index contributed by atoms with van der Waals surface area (Å²) in [5.74, 6) is -0.123. The van der Waals surface area contributed by atoms with E-state index < -0.39 is 10.0 Å². The van der Waals surface area contributed by atoms with Gasteiger partial charge in [0.2, 0.25) is 15.9 Å². The van der Waals surface area contributed by atoms with Gasteiger partial charge in [0.15, 0.2) is 6.61 Å². The second-order valence-corrected chi connectivity index (χ2v) is 10.1. The van der Waals surface area contributed by atoms with Crippen LogP contribution in [0.15, 0.2) is 23.1 Å². The number of hydrogen-bond acceptors (Lipinski definition) is 6. The fourth-order valence-corrected chi connectivity index (χ4v) is 5.80. The number of ether oxygens (including phenoxy) is 2. The first-order chi connectivity index (χ1) is 14.9. The Labute approximate surface area is 182 Å². The number of amides is 2. The summed E-state index contributed by atoms with van der Waals surface area (Å²) >= 11 is 0. The van der Waals surface area contributed by atoms with E-state index in [-0.39, 0.29) is 49.0 Å². The van der Waals surface area contributed by atoms with Gasteiger partial charge in [-0.25, -0.2) is 8.42 Å². The number of anilines is 1. The lowest BCUT2D eigenvalue weighted by Gasteiger charge is -2.34. The average Bonchev–Trinajstić information content (AvgIpc) is 2.81. The Hall–Kier alpha value is -2.17. The van der Waals surface area contributed by atoms with Gasteiger partial charge in [-0.1, -0.05) is 19.3 Å². The Morgan fingerprint density at radius 1 is 1.16 bits per heavy atom. The molecule has 0 radical (unpaired) electrons. The van der Waals surface area contributed by atoms with Crippen LogP contribution in [0.5, 0.6) is 5.75 Å². The summed E-state index contributed by atoms with van der Waals surface area (Å²) in [5, 5.41) is 0. The Kier molecular flexibility index (Phi) is 6.49. The Balaban J connectivity index is 1.57. The Morgan fingerprint density at radius 2 is 1.87 bits per heavy atom. The van der Waals surface area contributed by atoms with Gasteiger partial charge in [0, 0.05) is 26.2 Å². The molecule has 1 aromatic rings. The molecule has 31 heavy (non-hydrogen) atoms. The zero-order chi connectivity index (χ0) is 22.0. The summed E-state index contributed by atoms with van der Waals surface area (Å²) in [6.45, 7) is 0.943. The number of carbonyl (C=O) groups excluding carboxylic acids is 2. The second-order valence-electron chi connectivity index (χ2n) is 8.21. The lowest BCUT2D eigenvalue weighted by molar-refractivity contribution is -0.133. The summed E-state index contributed by atoms with van der Waals surface area (Å²) in [6.07, 6.45) is 5.33. The van der Waals surface area contributed by atoms with Gasteiger partial charge in [0.1, 0.15) is 12.3 Å². The number of carbonyl (C=O) groups is 2. The number of sulfonamides is 1. The first-order valence-corrected chi connectivity index (χ1v) is 12.2. The number of morpholine rings is 1. The van der Waals surface area contributed by atoms with E-state index in [9.17, 15) is 18.0 Å². The van der Waals surface area contributed by atoms with E-state index >= 15 is 0 Å². The molecule has 2 fully saturated rings. The van der Waals surface area contributed by atoms with Crippen LogP contribution in [0.25, 0.3) is 0 Å². The van der Waals surface area contributed by atoms with E-state index in [1.54, 1.807) is 18.0 Å². The van der Waals surface area contributed by atoms with Crippen LogP contribution in [0.1, 0.15) is 32.1 Å². The maximum absolute atomic E-state index is 13.0. The van der Waals surface area contributed by atoms with Crippen molar-refractivity contribution in [3.05, 3.63) is 18.2 Å². The molecule has 0 atom stereocenters. The predicted molar refractivity (Wildman–Crippen MR) is 114 cm³/mol. The van der Waals surface area contributed by atoms with Gasteiger partial charge >= 0.3 is 0 Å². The van der Waals surface area contributed by atoms with Crippen LogP contribution < -0.4 is 9.64 Å². The van der Waals surface area contributed by atoms with Crippen molar-refractivity contribution in [1.29, 1.82) is 0 Å². The zero-order valence-corrected chi connectivity index (χ0v) is 18.6. The number of fused-ring (bicyclic) bond motifs is 1. The maximum atomic E-state index is 13.0. The van der Waals surface area contributed by atoms with Crippen LogP contribution in [-0.2, 0) is 24.3 Å². The minimum atomic E-state index is -3.73. The van der Waals surface area contributed by atoms with Crippen molar-refractivity contribution in [1.82, 2.24) is 9.21 Å². The van der Waals surface area contributed by atoms with Crippen molar-refractivity contribution in [2.24, 2.45) is 0 Å². The summed E-state index contributed by atoms with van der Waals surface area (Å²) in [6, 6.07) is 4.65. The summed E-state index contributed by atoms with van der Waals surface area (Å²) < 4.78 is 38.2. The number of likely N-dealkylation sites (N-methyl/N-ethyl adjacent to an activating group) is 1. The third-order valence-corrected chi connectivity index (χ3v) is 8.19. The van der Waals surface area contributed by atoms with E-state index in [2.05, 4.69) is 0 Å². The number of nitrogens with zero attached hydrogens (tertiary/aromatic N) is 3. The molecule has 1 aromatic carbocycles. The zero-order valence-electron chi connectivity index (χ0n) is 17.8. The molecule has 0 bridgehead atoms. The van der Waals surface area contributed by atoms with E-state index in [1.807, 2.05) is 0 Å². The Bertz CT molecular complexity index is 938. The molecule has 1 saturated carbocycles. The predicted octanol–water partition coefficient (Wildman–Crippen LogP) is 1.22. The van der Waals surface area contributed by atoms with Gasteiger partial charge in [0.05, 0.1) is 23.8 Å². The molecule has 0 aromatic heterocycles. The van der Waals surface area contributed by atoms with Crippen LogP contribution in [0, 0.1) is 0 Å². The van der Waals surface area contributed by atoms with Gasteiger partial charge in [-0.3, -0.25) is 14.5 Å². The molecule has 0 spiro atoms. The van der Waals surface area contributed by atoms with Crippen molar-refractivity contribution < 1.29 is 27.5 Å². The SMILES string of the molecule is CN(C(=O)CN1C(=O)COc2ccc(S(=O)(=O)N3CCOCC3)cc21)C1CCCCC1. The van der Waals surface area contributed by atoms with Gasteiger partial charge in [0.25, 0.3) is 5.91 Å². The van der Waals surface area contributed by atoms with E-state index in [0.717, 1.165) is 25.7 Å². The smallest absolute Gasteiger partial charge is 0.265 e. The molecule has 4 rings (SSSR count). The molecular weight excluding hydrogens is 422 g/mol. The summed E-state index contributed by atoms with van der Waals surface area (Å²) in [4.78, 5) is 28.7. The maximum Gasteiger partial charge on any atom is 0.265 e. The largest absolute Gasteiger partial charge is 0.482 e. The summed E-state index contributed by atoms with van der Waals surface area (Å²) in [7, 11) is -1.95.